The van der Waals surface area contributed by atoms with Crippen LogP contribution in [0.5, 0.6) is 11.5 Å². The molecule has 1 unspecified atom stereocenters. The summed E-state index contributed by atoms with van der Waals surface area (Å²) in [6.07, 6.45) is -7.37. The molecular formula is C31H31ClF6N4O4. The largest absolute Gasteiger partial charge is 0.497 e. The zero-order valence-corrected chi connectivity index (χ0v) is 25.4. The highest BCUT2D eigenvalue weighted by molar-refractivity contribution is 5.96. The van der Waals surface area contributed by atoms with Crippen molar-refractivity contribution < 1.29 is 45.4 Å². The molecule has 2 saturated heterocycles. The molecule has 1 atom stereocenters. The predicted molar refractivity (Wildman–Crippen MR) is 158 cm³/mol. The molecule has 3 aromatic rings. The van der Waals surface area contributed by atoms with Crippen LogP contribution in [0.15, 0.2) is 67.0 Å². The number of methoxy groups -OCH3 is 1. The predicted octanol–water partition coefficient (Wildman–Crippen LogP) is 5.95. The fourth-order valence-electron chi connectivity index (χ4n) is 5.68. The number of anilines is 1. The molecule has 2 aliphatic heterocycles. The number of nitrogens with zero attached hydrogens (tertiary/aromatic N) is 4. The Morgan fingerprint density at radius 3 is 2.17 bits per heavy atom. The summed E-state index contributed by atoms with van der Waals surface area (Å²) in [6.45, 7) is 1.06. The van der Waals surface area contributed by atoms with Crippen molar-refractivity contribution in [2.45, 2.75) is 30.8 Å². The van der Waals surface area contributed by atoms with Gasteiger partial charge in [-0.2, -0.15) is 26.3 Å². The molecule has 2 aliphatic rings. The van der Waals surface area contributed by atoms with E-state index in [0.717, 1.165) is 47.2 Å². The van der Waals surface area contributed by atoms with Crippen LogP contribution in [-0.4, -0.2) is 78.6 Å². The number of likely N-dealkylation sites (tertiary alicyclic amines) is 1. The number of hydrogen-bond acceptors (Lipinski definition) is 6. The van der Waals surface area contributed by atoms with Crippen molar-refractivity contribution in [3.8, 4) is 11.5 Å². The number of piperidine rings is 1. The normalized spacial score (nSPS) is 18.9. The first-order valence-electron chi connectivity index (χ1n) is 14.2. The van der Waals surface area contributed by atoms with Crippen molar-refractivity contribution in [3.05, 3.63) is 83.7 Å². The number of amides is 2. The maximum Gasteiger partial charge on any atom is 0.417 e. The lowest BCUT2D eigenvalue weighted by Crippen LogP contribution is -2.64. The number of pyridine rings is 1. The first-order chi connectivity index (χ1) is 21.3. The molecule has 8 nitrogen and oxygen atoms in total. The highest BCUT2D eigenvalue weighted by Crippen LogP contribution is 2.36. The Morgan fingerprint density at radius 2 is 1.54 bits per heavy atom. The minimum atomic E-state index is -4.82. The molecule has 3 heterocycles. The molecule has 0 saturated carbocycles. The van der Waals surface area contributed by atoms with E-state index in [0.29, 0.717) is 24.9 Å². The van der Waals surface area contributed by atoms with Crippen molar-refractivity contribution in [1.82, 2.24) is 14.8 Å². The highest BCUT2D eigenvalue weighted by atomic mass is 35.5. The van der Waals surface area contributed by atoms with Gasteiger partial charge in [0.25, 0.3) is 11.8 Å². The zero-order chi connectivity index (χ0) is 32.4. The number of ether oxygens (including phenoxy) is 2. The SMILES string of the molecule is COc1cccc(N2CCN(C(=O)C3(Oc4ccc(C(F)(F)F)cc4)CCCN(C(=O)c4cnccc4C(F)(F)F)C3)CC2)c1.Cl. The fraction of sp³-hybridized carbons (Fsp3) is 0.387. The summed E-state index contributed by atoms with van der Waals surface area (Å²) >= 11 is 0. The second-order valence-electron chi connectivity index (χ2n) is 10.8. The summed E-state index contributed by atoms with van der Waals surface area (Å²) in [7, 11) is 1.56. The van der Waals surface area contributed by atoms with E-state index in [2.05, 4.69) is 9.88 Å². The Morgan fingerprint density at radius 1 is 0.848 bits per heavy atom. The summed E-state index contributed by atoms with van der Waals surface area (Å²) < 4.78 is 92.2. The Hall–Kier alpha value is -4.20. The molecule has 5 rings (SSSR count). The van der Waals surface area contributed by atoms with E-state index in [-0.39, 0.29) is 50.6 Å². The number of hydrogen-bond donors (Lipinski definition) is 0. The van der Waals surface area contributed by atoms with Gasteiger partial charge in [0.05, 0.1) is 30.3 Å². The van der Waals surface area contributed by atoms with Gasteiger partial charge in [-0.25, -0.2) is 0 Å². The van der Waals surface area contributed by atoms with Gasteiger partial charge >= 0.3 is 12.4 Å². The van der Waals surface area contributed by atoms with Gasteiger partial charge in [-0.1, -0.05) is 6.07 Å². The minimum absolute atomic E-state index is 0. The van der Waals surface area contributed by atoms with E-state index in [1.54, 1.807) is 12.0 Å². The van der Waals surface area contributed by atoms with E-state index in [4.69, 9.17) is 9.47 Å². The summed E-state index contributed by atoms with van der Waals surface area (Å²) in [5, 5.41) is 0. The number of piperazine rings is 1. The van der Waals surface area contributed by atoms with Crippen LogP contribution in [0.2, 0.25) is 0 Å². The number of carbonyl (C=O) groups is 2. The zero-order valence-electron chi connectivity index (χ0n) is 24.6. The molecule has 2 amide bonds. The number of benzene rings is 2. The van der Waals surface area contributed by atoms with Crippen LogP contribution in [-0.2, 0) is 17.1 Å². The van der Waals surface area contributed by atoms with E-state index in [1.807, 2.05) is 24.3 Å². The fourth-order valence-corrected chi connectivity index (χ4v) is 5.68. The third-order valence-corrected chi connectivity index (χ3v) is 7.97. The average molecular weight is 673 g/mol. The van der Waals surface area contributed by atoms with Crippen LogP contribution in [0, 0.1) is 0 Å². The van der Waals surface area contributed by atoms with E-state index < -0.39 is 53.0 Å². The van der Waals surface area contributed by atoms with Gasteiger partial charge in [0.2, 0.25) is 5.60 Å². The quantitative estimate of drug-likeness (QED) is 0.302. The van der Waals surface area contributed by atoms with Crippen LogP contribution in [0.25, 0.3) is 0 Å². The summed E-state index contributed by atoms with van der Waals surface area (Å²) in [5.41, 5.74) is -3.62. The van der Waals surface area contributed by atoms with Crippen LogP contribution in [0.3, 0.4) is 0 Å². The molecule has 248 valence electrons. The summed E-state index contributed by atoms with van der Waals surface area (Å²) in [4.78, 5) is 36.1. The van der Waals surface area contributed by atoms with E-state index in [9.17, 15) is 35.9 Å². The Kier molecular flexibility index (Phi) is 10.3. The van der Waals surface area contributed by atoms with Crippen molar-refractivity contribution in [3.63, 3.8) is 0 Å². The molecule has 46 heavy (non-hydrogen) atoms. The Labute approximate surface area is 267 Å². The summed E-state index contributed by atoms with van der Waals surface area (Å²) in [6, 6.07) is 11.9. The van der Waals surface area contributed by atoms with Crippen molar-refractivity contribution in [1.29, 1.82) is 0 Å². The average Bonchev–Trinajstić information content (AvgIpc) is 3.03. The molecule has 0 N–H and O–H groups in total. The second-order valence-corrected chi connectivity index (χ2v) is 10.8. The van der Waals surface area contributed by atoms with Crippen molar-refractivity contribution in [2.75, 3.05) is 51.3 Å². The third-order valence-electron chi connectivity index (χ3n) is 7.97. The highest BCUT2D eigenvalue weighted by Gasteiger charge is 2.49. The van der Waals surface area contributed by atoms with Gasteiger partial charge < -0.3 is 24.2 Å². The lowest BCUT2D eigenvalue weighted by molar-refractivity contribution is -0.153. The molecule has 0 bridgehead atoms. The van der Waals surface area contributed by atoms with Gasteiger partial charge in [-0.15, -0.1) is 12.4 Å². The van der Waals surface area contributed by atoms with Crippen molar-refractivity contribution in [2.24, 2.45) is 0 Å². The molecule has 1 aromatic heterocycles. The van der Waals surface area contributed by atoms with Gasteiger partial charge in [0, 0.05) is 56.9 Å². The molecule has 2 fully saturated rings. The van der Waals surface area contributed by atoms with Gasteiger partial charge in [-0.05, 0) is 55.3 Å². The maximum absolute atomic E-state index is 14.2. The topological polar surface area (TPSA) is 75.2 Å². The second kappa shape index (κ2) is 13.7. The summed E-state index contributed by atoms with van der Waals surface area (Å²) in [5.74, 6) is -0.860. The van der Waals surface area contributed by atoms with Crippen LogP contribution < -0.4 is 14.4 Å². The number of alkyl halides is 6. The van der Waals surface area contributed by atoms with Crippen molar-refractivity contribution >= 4 is 29.9 Å². The molecule has 0 spiro atoms. The van der Waals surface area contributed by atoms with Gasteiger partial charge in [0.15, 0.2) is 0 Å². The molecule has 2 aromatic carbocycles. The first kappa shape index (κ1) is 34.7. The molecule has 15 heteroatoms. The molecule has 0 aliphatic carbocycles. The van der Waals surface area contributed by atoms with Gasteiger partial charge in [0.1, 0.15) is 11.5 Å². The molecular weight excluding hydrogens is 642 g/mol. The third kappa shape index (κ3) is 7.43. The Bertz CT molecular complexity index is 1530. The van der Waals surface area contributed by atoms with Gasteiger partial charge in [-0.3, -0.25) is 14.6 Å². The first-order valence-corrected chi connectivity index (χ1v) is 14.2. The number of rotatable bonds is 6. The standard InChI is InChI=1S/C31H30F6N4O4.ClH/c1-44-24-5-2-4-22(18-24)39-14-16-40(17-15-39)28(43)29(45-23-8-6-21(7-9-23)30(32,33)34)11-3-13-41(20-29)27(42)25-19-38-12-10-26(25)31(35,36)37;/h2,4-10,12,18-19H,3,11,13-17,20H2,1H3;1H. The van der Waals surface area contributed by atoms with E-state index in [1.165, 1.54) is 0 Å². The lowest BCUT2D eigenvalue weighted by Gasteiger charge is -2.45. The maximum atomic E-state index is 14.2. The lowest BCUT2D eigenvalue weighted by atomic mass is 9.89. The smallest absolute Gasteiger partial charge is 0.417 e. The van der Waals surface area contributed by atoms with Crippen LogP contribution >= 0.6 is 12.4 Å². The van der Waals surface area contributed by atoms with E-state index >= 15 is 0 Å². The monoisotopic (exact) mass is 672 g/mol. The minimum Gasteiger partial charge on any atom is -0.497 e. The van der Waals surface area contributed by atoms with Crippen LogP contribution in [0.4, 0.5) is 32.0 Å². The number of halogens is 7. The Balaban J connectivity index is 0.00000480. The number of aromatic nitrogens is 1. The molecule has 0 radical (unpaired) electrons. The van der Waals surface area contributed by atoms with Crippen LogP contribution in [0.1, 0.15) is 34.3 Å². The number of carbonyl (C=O) groups excluding carboxylic acids is 2.